The van der Waals surface area contributed by atoms with Crippen molar-refractivity contribution in [3.05, 3.63) is 59.9 Å². The zero-order valence-electron chi connectivity index (χ0n) is 11.8. The number of ether oxygens (including phenoxy) is 1. The van der Waals surface area contributed by atoms with Crippen LogP contribution in [0.1, 0.15) is 17.5 Å². The molecule has 4 heteroatoms. The van der Waals surface area contributed by atoms with E-state index in [4.69, 9.17) is 10.6 Å². The van der Waals surface area contributed by atoms with Crippen LogP contribution in [0.2, 0.25) is 0 Å². The number of nitrogens with one attached hydrogen (secondary N) is 1. The highest BCUT2D eigenvalue weighted by atomic mass is 16.5. The zero-order chi connectivity index (χ0) is 14.2. The van der Waals surface area contributed by atoms with Crippen molar-refractivity contribution < 1.29 is 4.74 Å². The van der Waals surface area contributed by atoms with Gasteiger partial charge in [0.15, 0.2) is 0 Å². The molecule has 0 aliphatic heterocycles. The maximum atomic E-state index is 5.64. The van der Waals surface area contributed by atoms with Gasteiger partial charge in [0.1, 0.15) is 5.75 Å². The molecule has 3 N–H and O–H groups in total. The Morgan fingerprint density at radius 1 is 1.10 bits per heavy atom. The van der Waals surface area contributed by atoms with Crippen molar-refractivity contribution in [2.45, 2.75) is 25.3 Å². The number of aryl methyl sites for hydroxylation is 1. The van der Waals surface area contributed by atoms with E-state index in [0.29, 0.717) is 0 Å². The molecule has 1 aromatic carbocycles. The van der Waals surface area contributed by atoms with Crippen molar-refractivity contribution in [1.29, 1.82) is 0 Å². The maximum absolute atomic E-state index is 5.64. The largest absolute Gasteiger partial charge is 0.497 e. The van der Waals surface area contributed by atoms with Gasteiger partial charge in [-0.05, 0) is 54.7 Å². The van der Waals surface area contributed by atoms with Gasteiger partial charge in [-0.25, -0.2) is 0 Å². The minimum atomic E-state index is 0.263. The van der Waals surface area contributed by atoms with E-state index < -0.39 is 0 Å². The van der Waals surface area contributed by atoms with Gasteiger partial charge in [0.05, 0.1) is 7.11 Å². The molecule has 2 rings (SSSR count). The monoisotopic (exact) mass is 271 g/mol. The molecule has 1 unspecified atom stereocenters. The molecule has 1 heterocycles. The number of hydrogen-bond acceptors (Lipinski definition) is 4. The number of aromatic nitrogens is 1. The average molecular weight is 271 g/mol. The van der Waals surface area contributed by atoms with Crippen LogP contribution in [0, 0.1) is 0 Å². The lowest BCUT2D eigenvalue weighted by molar-refractivity contribution is 0.414. The first-order valence-corrected chi connectivity index (χ1v) is 6.80. The Morgan fingerprint density at radius 2 is 1.80 bits per heavy atom. The molecule has 0 saturated heterocycles. The third-order valence-corrected chi connectivity index (χ3v) is 3.41. The molecule has 2 aromatic rings. The summed E-state index contributed by atoms with van der Waals surface area (Å²) in [6.45, 7) is 0. The molecule has 0 radical (unpaired) electrons. The highest BCUT2D eigenvalue weighted by Gasteiger charge is 2.08. The normalized spacial score (nSPS) is 12.1. The highest BCUT2D eigenvalue weighted by Crippen LogP contribution is 2.14. The van der Waals surface area contributed by atoms with Crippen molar-refractivity contribution in [3.63, 3.8) is 0 Å². The molecule has 0 saturated carbocycles. The van der Waals surface area contributed by atoms with Crippen molar-refractivity contribution >= 4 is 0 Å². The summed E-state index contributed by atoms with van der Waals surface area (Å²) in [5, 5.41) is 0. The topological polar surface area (TPSA) is 60.2 Å². The molecular weight excluding hydrogens is 250 g/mol. The predicted octanol–water partition coefficient (Wildman–Crippen LogP) is 2.10. The molecule has 20 heavy (non-hydrogen) atoms. The fourth-order valence-corrected chi connectivity index (χ4v) is 2.18. The second-order valence-corrected chi connectivity index (χ2v) is 4.81. The number of nitrogens with two attached hydrogens (primary N) is 1. The second kappa shape index (κ2) is 7.62. The van der Waals surface area contributed by atoms with Crippen LogP contribution in [-0.4, -0.2) is 18.1 Å². The van der Waals surface area contributed by atoms with Crippen LogP contribution in [0.25, 0.3) is 0 Å². The lowest BCUT2D eigenvalue weighted by atomic mass is 10.00. The first kappa shape index (κ1) is 14.5. The minimum absolute atomic E-state index is 0.263. The van der Waals surface area contributed by atoms with Gasteiger partial charge < -0.3 is 4.74 Å². The van der Waals surface area contributed by atoms with Crippen LogP contribution >= 0.6 is 0 Å². The van der Waals surface area contributed by atoms with Crippen molar-refractivity contribution in [3.8, 4) is 5.75 Å². The Kier molecular flexibility index (Phi) is 5.53. The summed E-state index contributed by atoms with van der Waals surface area (Å²) in [6.07, 6.45) is 6.52. The molecular formula is C16H21N3O. The van der Waals surface area contributed by atoms with Crippen molar-refractivity contribution in [1.82, 2.24) is 10.4 Å². The summed E-state index contributed by atoms with van der Waals surface area (Å²) in [6, 6.07) is 12.5. The SMILES string of the molecule is COc1ccc(CCC(Cc2ccncc2)NN)cc1. The standard InChI is InChI=1S/C16H21N3O/c1-20-16-6-3-13(4-7-16)2-5-15(19-17)12-14-8-10-18-11-9-14/h3-4,6-11,15,19H,2,5,12,17H2,1H3. The van der Waals surface area contributed by atoms with Crippen LogP contribution < -0.4 is 16.0 Å². The summed E-state index contributed by atoms with van der Waals surface area (Å²) in [5.74, 6) is 6.53. The molecule has 106 valence electrons. The number of hydrogen-bond donors (Lipinski definition) is 2. The van der Waals surface area contributed by atoms with E-state index in [0.717, 1.165) is 25.0 Å². The smallest absolute Gasteiger partial charge is 0.118 e. The van der Waals surface area contributed by atoms with E-state index >= 15 is 0 Å². The molecule has 0 amide bonds. The molecule has 0 spiro atoms. The van der Waals surface area contributed by atoms with E-state index in [2.05, 4.69) is 22.5 Å². The summed E-state index contributed by atoms with van der Waals surface area (Å²) < 4.78 is 5.16. The lowest BCUT2D eigenvalue weighted by Gasteiger charge is -2.16. The van der Waals surface area contributed by atoms with Crippen molar-refractivity contribution in [2.75, 3.05) is 7.11 Å². The molecule has 0 bridgehead atoms. The summed E-state index contributed by atoms with van der Waals surface area (Å²) in [4.78, 5) is 4.02. The van der Waals surface area contributed by atoms with Gasteiger partial charge in [-0.15, -0.1) is 0 Å². The number of pyridine rings is 1. The Labute approximate surface area is 120 Å². The minimum Gasteiger partial charge on any atom is -0.497 e. The van der Waals surface area contributed by atoms with Crippen LogP contribution in [0.15, 0.2) is 48.8 Å². The number of hydrazine groups is 1. The highest BCUT2D eigenvalue weighted by molar-refractivity contribution is 5.27. The zero-order valence-corrected chi connectivity index (χ0v) is 11.8. The third-order valence-electron chi connectivity index (χ3n) is 3.41. The van der Waals surface area contributed by atoms with Crippen LogP contribution in [0.3, 0.4) is 0 Å². The van der Waals surface area contributed by atoms with E-state index in [1.807, 2.05) is 36.7 Å². The molecule has 1 aromatic heterocycles. The van der Waals surface area contributed by atoms with E-state index in [1.165, 1.54) is 11.1 Å². The maximum Gasteiger partial charge on any atom is 0.118 e. The van der Waals surface area contributed by atoms with Crippen LogP contribution in [-0.2, 0) is 12.8 Å². The number of nitrogens with zero attached hydrogens (tertiary/aromatic N) is 1. The fourth-order valence-electron chi connectivity index (χ4n) is 2.18. The van der Waals surface area contributed by atoms with E-state index in [9.17, 15) is 0 Å². The molecule has 0 fully saturated rings. The second-order valence-electron chi connectivity index (χ2n) is 4.81. The quantitative estimate of drug-likeness (QED) is 0.598. The summed E-state index contributed by atoms with van der Waals surface area (Å²) in [5.41, 5.74) is 5.44. The van der Waals surface area contributed by atoms with Gasteiger partial charge in [-0.2, -0.15) is 0 Å². The Morgan fingerprint density at radius 3 is 2.40 bits per heavy atom. The molecule has 0 aliphatic rings. The van der Waals surface area contributed by atoms with Gasteiger partial charge in [-0.3, -0.25) is 16.3 Å². The Bertz CT molecular complexity index is 499. The van der Waals surface area contributed by atoms with Gasteiger partial charge in [0.2, 0.25) is 0 Å². The predicted molar refractivity (Wildman–Crippen MR) is 80.4 cm³/mol. The average Bonchev–Trinajstić information content (AvgIpc) is 2.53. The number of methoxy groups -OCH3 is 1. The van der Waals surface area contributed by atoms with Gasteiger partial charge in [0.25, 0.3) is 0 Å². The number of rotatable bonds is 7. The van der Waals surface area contributed by atoms with Crippen LogP contribution in [0.5, 0.6) is 5.75 Å². The van der Waals surface area contributed by atoms with Gasteiger partial charge in [-0.1, -0.05) is 12.1 Å². The molecule has 4 nitrogen and oxygen atoms in total. The van der Waals surface area contributed by atoms with Gasteiger partial charge in [0, 0.05) is 18.4 Å². The molecule has 1 atom stereocenters. The van der Waals surface area contributed by atoms with Crippen molar-refractivity contribution in [2.24, 2.45) is 5.84 Å². The summed E-state index contributed by atoms with van der Waals surface area (Å²) >= 11 is 0. The molecule has 0 aliphatic carbocycles. The first-order valence-electron chi connectivity index (χ1n) is 6.80. The lowest BCUT2D eigenvalue weighted by Crippen LogP contribution is -2.37. The number of benzene rings is 1. The first-order chi connectivity index (χ1) is 9.81. The third kappa shape index (κ3) is 4.33. The Hall–Kier alpha value is -1.91. The van der Waals surface area contributed by atoms with E-state index in [1.54, 1.807) is 7.11 Å². The fraction of sp³-hybridized carbons (Fsp3) is 0.312. The van der Waals surface area contributed by atoms with Gasteiger partial charge >= 0.3 is 0 Å². The van der Waals surface area contributed by atoms with Crippen LogP contribution in [0.4, 0.5) is 0 Å². The van der Waals surface area contributed by atoms with E-state index in [-0.39, 0.29) is 6.04 Å². The summed E-state index contributed by atoms with van der Waals surface area (Å²) in [7, 11) is 1.68. The Balaban J connectivity index is 1.86.